The van der Waals surface area contributed by atoms with Gasteiger partial charge in [-0.15, -0.1) is 23.5 Å². The first-order valence-corrected chi connectivity index (χ1v) is 11.8. The molecule has 0 amide bonds. The summed E-state index contributed by atoms with van der Waals surface area (Å²) in [7, 11) is 2.00. The lowest BCUT2D eigenvalue weighted by molar-refractivity contribution is -0.130. The second-order valence-corrected chi connectivity index (χ2v) is 9.28. The molecular formula is C21H20Cl2N2O3S2. The number of rotatable bonds is 9. The number of carbonyl (C=O) groups is 1. The van der Waals surface area contributed by atoms with Crippen LogP contribution in [0.15, 0.2) is 59.2 Å². The summed E-state index contributed by atoms with van der Waals surface area (Å²) < 4.78 is 5.53. The van der Waals surface area contributed by atoms with Crippen molar-refractivity contribution in [3.05, 3.63) is 75.7 Å². The average Bonchev–Trinajstić information content (AvgIpc) is 3.12. The highest BCUT2D eigenvalue weighted by Crippen LogP contribution is 2.35. The molecule has 0 saturated carbocycles. The lowest BCUT2D eigenvalue weighted by Gasteiger charge is -2.19. The van der Waals surface area contributed by atoms with E-state index in [2.05, 4.69) is 9.88 Å². The second kappa shape index (κ2) is 11.0. The Morgan fingerprint density at radius 1 is 1.30 bits per heavy atom. The molecule has 1 unspecified atom stereocenters. The smallest absolute Gasteiger partial charge is 0.341 e. The van der Waals surface area contributed by atoms with Crippen LogP contribution in [-0.4, -0.2) is 40.0 Å². The number of aliphatic carboxylic acids is 1. The van der Waals surface area contributed by atoms with Crippen molar-refractivity contribution in [2.75, 3.05) is 13.7 Å². The van der Waals surface area contributed by atoms with Crippen LogP contribution in [0.3, 0.4) is 0 Å². The van der Waals surface area contributed by atoms with Crippen molar-refractivity contribution >= 4 is 58.3 Å². The number of aromatic nitrogens is 1. The van der Waals surface area contributed by atoms with Crippen molar-refractivity contribution in [2.45, 2.75) is 22.4 Å². The molecular weight excluding hydrogens is 463 g/mol. The lowest BCUT2D eigenvalue weighted by Crippen LogP contribution is -2.21. The van der Waals surface area contributed by atoms with Gasteiger partial charge >= 0.3 is 5.97 Å². The highest BCUT2D eigenvalue weighted by molar-refractivity contribution is 8.02. The van der Waals surface area contributed by atoms with Gasteiger partial charge in [-0.3, -0.25) is 4.98 Å². The lowest BCUT2D eigenvalue weighted by atomic mass is 10.2. The number of hydrogen-bond donors (Lipinski definition) is 1. The van der Waals surface area contributed by atoms with Crippen molar-refractivity contribution in [3.63, 3.8) is 0 Å². The van der Waals surface area contributed by atoms with E-state index in [0.717, 1.165) is 17.0 Å². The zero-order valence-electron chi connectivity index (χ0n) is 16.1. The number of hydrogen-bond acceptors (Lipinski definition) is 6. The first-order valence-electron chi connectivity index (χ1n) is 9.08. The van der Waals surface area contributed by atoms with E-state index in [4.69, 9.17) is 27.9 Å². The molecule has 2 aromatic rings. The molecule has 5 nitrogen and oxygen atoms in total. The number of benzene rings is 1. The molecule has 1 atom stereocenters. The van der Waals surface area contributed by atoms with Gasteiger partial charge in [0.25, 0.3) is 0 Å². The Bertz CT molecular complexity index is 949. The van der Waals surface area contributed by atoms with E-state index < -0.39 is 5.97 Å². The van der Waals surface area contributed by atoms with Gasteiger partial charge in [-0.1, -0.05) is 35.3 Å². The van der Waals surface area contributed by atoms with Gasteiger partial charge in [0, 0.05) is 30.3 Å². The van der Waals surface area contributed by atoms with Gasteiger partial charge in [0.2, 0.25) is 0 Å². The molecule has 9 heteroatoms. The molecule has 0 spiro atoms. The third kappa shape index (κ3) is 6.11. The third-order valence-corrected chi connectivity index (χ3v) is 7.45. The van der Waals surface area contributed by atoms with E-state index in [0.29, 0.717) is 33.5 Å². The molecule has 0 saturated heterocycles. The molecule has 1 aromatic carbocycles. The minimum Gasteiger partial charge on any atom is -0.500 e. The van der Waals surface area contributed by atoms with E-state index in [9.17, 15) is 9.90 Å². The summed E-state index contributed by atoms with van der Waals surface area (Å²) in [5.41, 5.74) is 1.08. The maximum absolute atomic E-state index is 11.7. The van der Waals surface area contributed by atoms with Crippen LogP contribution < -0.4 is 0 Å². The highest BCUT2D eigenvalue weighted by atomic mass is 35.5. The molecule has 30 heavy (non-hydrogen) atoms. The quantitative estimate of drug-likeness (QED) is 0.204. The van der Waals surface area contributed by atoms with Crippen LogP contribution >= 0.6 is 46.7 Å². The van der Waals surface area contributed by atoms with Crippen molar-refractivity contribution < 1.29 is 14.6 Å². The molecule has 1 N–H and O–H groups in total. The Morgan fingerprint density at radius 2 is 2.03 bits per heavy atom. The average molecular weight is 483 g/mol. The van der Waals surface area contributed by atoms with E-state index >= 15 is 0 Å². The van der Waals surface area contributed by atoms with E-state index in [-0.39, 0.29) is 5.57 Å². The summed E-state index contributed by atoms with van der Waals surface area (Å²) in [6.45, 7) is 0.418. The second-order valence-electron chi connectivity index (χ2n) is 6.39. The van der Waals surface area contributed by atoms with Crippen LogP contribution in [0.1, 0.15) is 17.8 Å². The summed E-state index contributed by atoms with van der Waals surface area (Å²) >= 11 is 15.6. The van der Waals surface area contributed by atoms with Gasteiger partial charge in [0.1, 0.15) is 5.57 Å². The van der Waals surface area contributed by atoms with Crippen LogP contribution in [0.25, 0.3) is 5.57 Å². The van der Waals surface area contributed by atoms with E-state index in [1.165, 1.54) is 18.0 Å². The van der Waals surface area contributed by atoms with E-state index in [1.807, 2.05) is 24.7 Å². The van der Waals surface area contributed by atoms with Gasteiger partial charge in [-0.2, -0.15) is 0 Å². The van der Waals surface area contributed by atoms with Crippen LogP contribution in [0.5, 0.6) is 0 Å². The molecule has 0 bridgehead atoms. The fourth-order valence-electron chi connectivity index (χ4n) is 2.69. The largest absolute Gasteiger partial charge is 0.500 e. The number of pyridine rings is 1. The minimum atomic E-state index is -1.09. The van der Waals surface area contributed by atoms with Crippen molar-refractivity contribution in [1.29, 1.82) is 0 Å². The van der Waals surface area contributed by atoms with Crippen LogP contribution in [0.2, 0.25) is 10.0 Å². The standard InChI is InChI=1S/C21H20Cl2N2O3S2/c1-25-9-11-29-19(25)8-10-28-12-15(21(26)27)18-7-2-4-14(24-18)13-30-20-16(22)5-3-6-17(20)23/h2-7,9,11-12,19H,8,10,13H2,1H3,(H,26,27). The van der Waals surface area contributed by atoms with Crippen molar-refractivity contribution in [1.82, 2.24) is 9.88 Å². The molecule has 0 radical (unpaired) electrons. The Labute approximate surface area is 194 Å². The van der Waals surface area contributed by atoms with Crippen molar-refractivity contribution in [3.8, 4) is 0 Å². The number of thioether (sulfide) groups is 2. The van der Waals surface area contributed by atoms with Crippen LogP contribution in [0, 0.1) is 0 Å². The number of ether oxygens (including phenoxy) is 1. The topological polar surface area (TPSA) is 62.7 Å². The molecule has 3 rings (SSSR count). The van der Waals surface area contributed by atoms with Gasteiger partial charge in [0.05, 0.1) is 39.7 Å². The first kappa shape index (κ1) is 22.9. The molecule has 158 valence electrons. The third-order valence-electron chi connectivity index (χ3n) is 4.27. The molecule has 0 fully saturated rings. The Kier molecular flexibility index (Phi) is 8.39. The molecule has 0 aliphatic carbocycles. The number of carboxylic acids is 1. The minimum absolute atomic E-state index is 0.0168. The molecule has 1 aliphatic rings. The summed E-state index contributed by atoms with van der Waals surface area (Å²) in [6.07, 6.45) is 4.07. The predicted octanol–water partition coefficient (Wildman–Crippen LogP) is 5.99. The maximum Gasteiger partial charge on any atom is 0.341 e. The SMILES string of the molecule is CN1C=CSC1CCOC=C(C(=O)O)c1cccc(CSc2c(Cl)cccc2Cl)n1. The maximum atomic E-state index is 11.7. The van der Waals surface area contributed by atoms with Crippen molar-refractivity contribution in [2.24, 2.45) is 0 Å². The number of nitrogens with zero attached hydrogens (tertiary/aromatic N) is 2. The van der Waals surface area contributed by atoms with E-state index in [1.54, 1.807) is 42.1 Å². The van der Waals surface area contributed by atoms with Gasteiger partial charge < -0.3 is 14.7 Å². The summed E-state index contributed by atoms with van der Waals surface area (Å²) in [6, 6.07) is 10.6. The summed E-state index contributed by atoms with van der Waals surface area (Å²) in [5.74, 6) is -0.584. The Hall–Kier alpha value is -1.80. The highest BCUT2D eigenvalue weighted by Gasteiger charge is 2.17. The Balaban J connectivity index is 1.64. The number of halogens is 2. The molecule has 1 aromatic heterocycles. The zero-order valence-corrected chi connectivity index (χ0v) is 19.3. The molecule has 1 aliphatic heterocycles. The van der Waals surface area contributed by atoms with Crippen LogP contribution in [0.4, 0.5) is 0 Å². The van der Waals surface area contributed by atoms with Gasteiger partial charge in [0.15, 0.2) is 0 Å². The van der Waals surface area contributed by atoms with Gasteiger partial charge in [-0.05, 0) is 29.7 Å². The van der Waals surface area contributed by atoms with Crippen LogP contribution in [-0.2, 0) is 15.3 Å². The predicted molar refractivity (Wildman–Crippen MR) is 125 cm³/mol. The normalized spacial score (nSPS) is 16.2. The molecule has 2 heterocycles. The first-order chi connectivity index (χ1) is 14.5. The summed E-state index contributed by atoms with van der Waals surface area (Å²) in [5, 5.41) is 13.1. The fraction of sp³-hybridized carbons (Fsp3) is 0.238. The number of carboxylic acid groups (broad SMARTS) is 1. The fourth-order valence-corrected chi connectivity index (χ4v) is 5.22. The summed E-state index contributed by atoms with van der Waals surface area (Å²) in [4.78, 5) is 19.1. The zero-order chi connectivity index (χ0) is 21.5. The monoisotopic (exact) mass is 482 g/mol. The van der Waals surface area contributed by atoms with Gasteiger partial charge in [-0.25, -0.2) is 4.79 Å². The Morgan fingerprint density at radius 3 is 2.70 bits per heavy atom.